The molecule has 0 radical (unpaired) electrons. The molecule has 0 aliphatic heterocycles. The number of aliphatic hydroxyl groups is 1. The van der Waals surface area contributed by atoms with Gasteiger partial charge in [-0.2, -0.15) is 0 Å². The van der Waals surface area contributed by atoms with Crippen LogP contribution in [0.3, 0.4) is 0 Å². The molecule has 0 spiro atoms. The number of hydrogen-bond donors (Lipinski definition) is 3. The molecule has 1 aliphatic carbocycles. The van der Waals surface area contributed by atoms with E-state index >= 15 is 0 Å². The van der Waals surface area contributed by atoms with Crippen LogP contribution in [0.1, 0.15) is 78.0 Å². The molecule has 1 fully saturated rings. The molecule has 8 heteroatoms. The normalized spacial score (nSPS) is 20.0. The minimum absolute atomic E-state index is 0.0499. The first kappa shape index (κ1) is 27.6. The van der Waals surface area contributed by atoms with E-state index in [0.717, 1.165) is 30.4 Å². The van der Waals surface area contributed by atoms with Crippen molar-refractivity contribution in [2.45, 2.75) is 97.5 Å². The van der Waals surface area contributed by atoms with Gasteiger partial charge in [0.1, 0.15) is 17.7 Å². The third-order valence-corrected chi connectivity index (χ3v) is 5.97. The molecule has 0 saturated heterocycles. The van der Waals surface area contributed by atoms with Gasteiger partial charge in [-0.1, -0.05) is 44.5 Å². The summed E-state index contributed by atoms with van der Waals surface area (Å²) in [6, 6.07) is 5.18. The summed E-state index contributed by atoms with van der Waals surface area (Å²) in [6.45, 7) is 12.5. The molecule has 8 nitrogen and oxygen atoms in total. The van der Waals surface area contributed by atoms with Gasteiger partial charge in [0, 0.05) is 12.1 Å². The van der Waals surface area contributed by atoms with Gasteiger partial charge in [-0.05, 0) is 64.5 Å². The predicted molar refractivity (Wildman–Crippen MR) is 131 cm³/mol. The quantitative estimate of drug-likeness (QED) is 0.480. The number of alkyl carbamates (subject to hydrolysis) is 1. The standard InChI is InChI=1S/C26H41N3O5/c1-8-11-18(4)27-23(31)22(19-13-10-9-12-16(19)2)29(21-14-17(21)3)24(32)20(15-30)28-25(33)34-26(5,6)7/h9-10,12-13,17-18,20-22,30H,8,11,14-15H2,1-7H3,(H,27,31)(H,28,33). The fourth-order valence-corrected chi connectivity index (χ4v) is 4.13. The summed E-state index contributed by atoms with van der Waals surface area (Å²) in [7, 11) is 0. The van der Waals surface area contributed by atoms with Crippen molar-refractivity contribution in [2.75, 3.05) is 6.61 Å². The summed E-state index contributed by atoms with van der Waals surface area (Å²) < 4.78 is 5.28. The van der Waals surface area contributed by atoms with Gasteiger partial charge in [0.15, 0.2) is 0 Å². The minimum Gasteiger partial charge on any atom is -0.444 e. The number of carbonyl (C=O) groups is 3. The van der Waals surface area contributed by atoms with E-state index in [1.807, 2.05) is 45.0 Å². The van der Waals surface area contributed by atoms with Crippen LogP contribution in [0.5, 0.6) is 0 Å². The highest BCUT2D eigenvalue weighted by molar-refractivity contribution is 5.93. The van der Waals surface area contributed by atoms with Crippen LogP contribution in [0.2, 0.25) is 0 Å². The number of carbonyl (C=O) groups excluding carboxylic acids is 3. The molecule has 1 aromatic rings. The van der Waals surface area contributed by atoms with E-state index in [0.29, 0.717) is 0 Å². The van der Waals surface area contributed by atoms with Gasteiger partial charge in [-0.15, -0.1) is 0 Å². The van der Waals surface area contributed by atoms with Gasteiger partial charge in [-0.25, -0.2) is 4.79 Å². The molecule has 0 aromatic heterocycles. The zero-order chi connectivity index (χ0) is 25.6. The van der Waals surface area contributed by atoms with E-state index in [4.69, 9.17) is 4.74 Å². The number of hydrogen-bond acceptors (Lipinski definition) is 5. The van der Waals surface area contributed by atoms with Crippen molar-refractivity contribution in [3.05, 3.63) is 35.4 Å². The van der Waals surface area contributed by atoms with Gasteiger partial charge in [0.25, 0.3) is 0 Å². The van der Waals surface area contributed by atoms with Crippen molar-refractivity contribution in [1.29, 1.82) is 0 Å². The molecule has 5 atom stereocenters. The molecule has 0 bridgehead atoms. The van der Waals surface area contributed by atoms with E-state index < -0.39 is 36.3 Å². The molecule has 3 amide bonds. The molecule has 190 valence electrons. The Kier molecular flexibility index (Phi) is 9.50. The van der Waals surface area contributed by atoms with E-state index in [1.165, 1.54) is 0 Å². The summed E-state index contributed by atoms with van der Waals surface area (Å²) in [5.74, 6) is -0.567. The lowest BCUT2D eigenvalue weighted by atomic mass is 9.97. The van der Waals surface area contributed by atoms with Gasteiger partial charge < -0.3 is 25.4 Å². The van der Waals surface area contributed by atoms with Crippen molar-refractivity contribution in [2.24, 2.45) is 5.92 Å². The largest absolute Gasteiger partial charge is 0.444 e. The number of aryl methyl sites for hydroxylation is 1. The van der Waals surface area contributed by atoms with Crippen LogP contribution in [-0.2, 0) is 14.3 Å². The second kappa shape index (κ2) is 11.7. The van der Waals surface area contributed by atoms with Gasteiger partial charge >= 0.3 is 6.09 Å². The van der Waals surface area contributed by atoms with Crippen molar-refractivity contribution in [3.8, 4) is 0 Å². The van der Waals surface area contributed by atoms with Crippen LogP contribution < -0.4 is 10.6 Å². The Morgan fingerprint density at radius 3 is 2.32 bits per heavy atom. The maximum absolute atomic E-state index is 13.8. The zero-order valence-electron chi connectivity index (χ0n) is 21.6. The Bertz CT molecular complexity index is 866. The van der Waals surface area contributed by atoms with E-state index in [1.54, 1.807) is 25.7 Å². The third-order valence-electron chi connectivity index (χ3n) is 5.97. The average molecular weight is 476 g/mol. The van der Waals surface area contributed by atoms with Gasteiger partial charge in [0.05, 0.1) is 6.61 Å². The highest BCUT2D eigenvalue weighted by atomic mass is 16.6. The number of amides is 3. The molecule has 34 heavy (non-hydrogen) atoms. The van der Waals surface area contributed by atoms with Crippen LogP contribution in [0, 0.1) is 12.8 Å². The lowest BCUT2D eigenvalue weighted by molar-refractivity contribution is -0.144. The Labute approximate surface area is 203 Å². The second-order valence-corrected chi connectivity index (χ2v) is 10.4. The summed E-state index contributed by atoms with van der Waals surface area (Å²) in [6.07, 6.45) is 1.69. The fraction of sp³-hybridized carbons (Fsp3) is 0.654. The number of aliphatic hydroxyl groups excluding tert-OH is 1. The summed E-state index contributed by atoms with van der Waals surface area (Å²) in [5, 5.41) is 15.6. The Morgan fingerprint density at radius 1 is 1.21 bits per heavy atom. The maximum atomic E-state index is 13.8. The van der Waals surface area contributed by atoms with Gasteiger partial charge in [0.2, 0.25) is 11.8 Å². The van der Waals surface area contributed by atoms with Crippen LogP contribution in [0.4, 0.5) is 4.79 Å². The molecule has 5 unspecified atom stereocenters. The number of rotatable bonds is 10. The molecule has 2 rings (SSSR count). The minimum atomic E-state index is -1.23. The highest BCUT2D eigenvalue weighted by Gasteiger charge is 2.48. The number of nitrogens with one attached hydrogen (secondary N) is 2. The van der Waals surface area contributed by atoms with Crippen LogP contribution in [-0.4, -0.2) is 58.2 Å². The van der Waals surface area contributed by atoms with Crippen molar-refractivity contribution in [3.63, 3.8) is 0 Å². The van der Waals surface area contributed by atoms with Crippen molar-refractivity contribution in [1.82, 2.24) is 15.5 Å². The molecule has 1 aliphatic rings. The lowest BCUT2D eigenvalue weighted by Gasteiger charge is -2.35. The second-order valence-electron chi connectivity index (χ2n) is 10.4. The Morgan fingerprint density at radius 2 is 1.82 bits per heavy atom. The highest BCUT2D eigenvalue weighted by Crippen LogP contribution is 2.41. The first-order chi connectivity index (χ1) is 15.9. The van der Waals surface area contributed by atoms with Crippen LogP contribution in [0.25, 0.3) is 0 Å². The average Bonchev–Trinajstić information content (AvgIpc) is 3.45. The first-order valence-electron chi connectivity index (χ1n) is 12.2. The molecule has 0 heterocycles. The number of nitrogens with zero attached hydrogens (tertiary/aromatic N) is 1. The Balaban J connectivity index is 2.43. The predicted octanol–water partition coefficient (Wildman–Crippen LogP) is 3.46. The fourth-order valence-electron chi connectivity index (χ4n) is 4.13. The third kappa shape index (κ3) is 7.45. The molecule has 1 aromatic carbocycles. The van der Waals surface area contributed by atoms with Gasteiger partial charge in [-0.3, -0.25) is 9.59 Å². The summed E-state index contributed by atoms with van der Waals surface area (Å²) in [5.41, 5.74) is 0.860. The van der Waals surface area contributed by atoms with Crippen molar-refractivity contribution < 1.29 is 24.2 Å². The number of benzene rings is 1. The lowest BCUT2D eigenvalue weighted by Crippen LogP contribution is -2.55. The Hall–Kier alpha value is -2.61. The molecule has 3 N–H and O–H groups in total. The molecular weight excluding hydrogens is 434 g/mol. The smallest absolute Gasteiger partial charge is 0.408 e. The maximum Gasteiger partial charge on any atom is 0.408 e. The molecule has 1 saturated carbocycles. The van der Waals surface area contributed by atoms with Crippen LogP contribution >= 0.6 is 0 Å². The summed E-state index contributed by atoms with van der Waals surface area (Å²) in [4.78, 5) is 41.3. The van der Waals surface area contributed by atoms with Crippen molar-refractivity contribution >= 4 is 17.9 Å². The topological polar surface area (TPSA) is 108 Å². The van der Waals surface area contributed by atoms with E-state index in [9.17, 15) is 19.5 Å². The summed E-state index contributed by atoms with van der Waals surface area (Å²) >= 11 is 0. The molecular formula is C26H41N3O5. The SMILES string of the molecule is CCCC(C)NC(=O)C(c1ccccc1C)N(C(=O)C(CO)NC(=O)OC(C)(C)C)C1CC1C. The monoisotopic (exact) mass is 475 g/mol. The zero-order valence-corrected chi connectivity index (χ0v) is 21.6. The first-order valence-corrected chi connectivity index (χ1v) is 12.2. The van der Waals surface area contributed by atoms with E-state index in [2.05, 4.69) is 17.6 Å². The van der Waals surface area contributed by atoms with Crippen LogP contribution in [0.15, 0.2) is 24.3 Å². The number of ether oxygens (including phenoxy) is 1. The van der Waals surface area contributed by atoms with E-state index in [-0.39, 0.29) is 23.9 Å².